The summed E-state index contributed by atoms with van der Waals surface area (Å²) in [5.41, 5.74) is 1.34. The normalized spacial score (nSPS) is 11.8. The highest BCUT2D eigenvalue weighted by Crippen LogP contribution is 2.31. The number of anilines is 1. The molecule has 0 unspecified atom stereocenters. The van der Waals surface area contributed by atoms with Gasteiger partial charge in [-0.2, -0.15) is 5.10 Å². The molecule has 8 heteroatoms. The molecular weight excluding hydrogens is 342 g/mol. The fraction of sp³-hybridized carbons (Fsp3) is 0.412. The Morgan fingerprint density at radius 3 is 2.44 bits per heavy atom. The highest BCUT2D eigenvalue weighted by atomic mass is 32.2. The number of aromatic hydroxyl groups is 1. The van der Waals surface area contributed by atoms with Crippen molar-refractivity contribution in [1.29, 1.82) is 0 Å². The number of carbonyl (C=O) groups excluding carboxylic acids is 1. The minimum atomic E-state index is -3.46. The summed E-state index contributed by atoms with van der Waals surface area (Å²) in [6.45, 7) is 7.70. The van der Waals surface area contributed by atoms with Crippen LogP contribution in [0.25, 0.3) is 0 Å². The molecule has 1 aromatic heterocycles. The van der Waals surface area contributed by atoms with Crippen molar-refractivity contribution in [2.75, 3.05) is 11.6 Å². The number of sulfone groups is 1. The lowest BCUT2D eigenvalue weighted by atomic mass is 9.99. The molecule has 0 spiro atoms. The fourth-order valence-corrected chi connectivity index (χ4v) is 3.52. The van der Waals surface area contributed by atoms with Gasteiger partial charge < -0.3 is 10.4 Å². The lowest BCUT2D eigenvalue weighted by Crippen LogP contribution is -2.16. The lowest BCUT2D eigenvalue weighted by molar-refractivity contribution is 0.103. The standard InChI is InChI=1S/C17H23N3O4S/c1-6-20-17(22)13(9-18-20)16(21)12-7-8-14(25(5,23)24)15(11(12)4)19-10(2)3/h7-10,19,22H,6H2,1-5H3. The van der Waals surface area contributed by atoms with Crippen molar-refractivity contribution < 1.29 is 18.3 Å². The van der Waals surface area contributed by atoms with E-state index in [9.17, 15) is 18.3 Å². The first-order valence-corrected chi connectivity index (χ1v) is 9.86. The van der Waals surface area contributed by atoms with Gasteiger partial charge in [0.1, 0.15) is 5.56 Å². The van der Waals surface area contributed by atoms with Gasteiger partial charge in [0, 0.05) is 24.4 Å². The third kappa shape index (κ3) is 3.68. The summed E-state index contributed by atoms with van der Waals surface area (Å²) in [7, 11) is -3.46. The SMILES string of the molecule is CCn1ncc(C(=O)c2ccc(S(C)(=O)=O)c(NC(C)C)c2C)c1O. The van der Waals surface area contributed by atoms with Crippen LogP contribution in [0.2, 0.25) is 0 Å². The highest BCUT2D eigenvalue weighted by molar-refractivity contribution is 7.90. The van der Waals surface area contributed by atoms with Crippen molar-refractivity contribution in [3.05, 3.63) is 35.0 Å². The fourth-order valence-electron chi connectivity index (χ4n) is 2.63. The van der Waals surface area contributed by atoms with Crippen molar-refractivity contribution in [1.82, 2.24) is 9.78 Å². The molecule has 136 valence electrons. The Labute approximate surface area is 147 Å². The van der Waals surface area contributed by atoms with Gasteiger partial charge in [-0.25, -0.2) is 13.1 Å². The van der Waals surface area contributed by atoms with Crippen LogP contribution in [0.4, 0.5) is 5.69 Å². The highest BCUT2D eigenvalue weighted by Gasteiger charge is 2.24. The minimum Gasteiger partial charge on any atom is -0.493 e. The van der Waals surface area contributed by atoms with Gasteiger partial charge in [0.15, 0.2) is 15.6 Å². The maximum Gasteiger partial charge on any atom is 0.220 e. The van der Waals surface area contributed by atoms with Gasteiger partial charge in [-0.15, -0.1) is 0 Å². The summed E-state index contributed by atoms with van der Waals surface area (Å²) in [5, 5.41) is 17.2. The first-order valence-electron chi connectivity index (χ1n) is 7.97. The molecule has 0 fully saturated rings. The second-order valence-corrected chi connectivity index (χ2v) is 8.19. The van der Waals surface area contributed by atoms with Gasteiger partial charge >= 0.3 is 0 Å². The van der Waals surface area contributed by atoms with E-state index in [0.717, 1.165) is 6.26 Å². The Hall–Kier alpha value is -2.35. The molecule has 0 atom stereocenters. The molecule has 2 N–H and O–H groups in total. The number of rotatable bonds is 6. The predicted molar refractivity (Wildman–Crippen MR) is 96.0 cm³/mol. The van der Waals surface area contributed by atoms with Crippen LogP contribution in [0.5, 0.6) is 5.88 Å². The summed E-state index contributed by atoms with van der Waals surface area (Å²) in [4.78, 5) is 13.0. The molecule has 0 aliphatic carbocycles. The molecule has 0 bridgehead atoms. The van der Waals surface area contributed by atoms with E-state index < -0.39 is 15.6 Å². The Kier molecular flexibility index (Phi) is 5.22. The third-order valence-electron chi connectivity index (χ3n) is 3.86. The van der Waals surface area contributed by atoms with E-state index in [1.165, 1.54) is 23.0 Å². The number of ketones is 1. The smallest absolute Gasteiger partial charge is 0.220 e. The van der Waals surface area contributed by atoms with Crippen molar-refractivity contribution in [2.24, 2.45) is 0 Å². The monoisotopic (exact) mass is 365 g/mol. The van der Waals surface area contributed by atoms with Crippen LogP contribution in [-0.4, -0.2) is 41.4 Å². The number of hydrogen-bond acceptors (Lipinski definition) is 6. The van der Waals surface area contributed by atoms with E-state index in [2.05, 4.69) is 10.4 Å². The minimum absolute atomic E-state index is 0.0132. The second-order valence-electron chi connectivity index (χ2n) is 6.21. The Morgan fingerprint density at radius 2 is 1.96 bits per heavy atom. The zero-order valence-corrected chi connectivity index (χ0v) is 15.8. The number of aromatic nitrogens is 2. The lowest BCUT2D eigenvalue weighted by Gasteiger charge is -2.18. The number of nitrogens with one attached hydrogen (secondary N) is 1. The van der Waals surface area contributed by atoms with E-state index >= 15 is 0 Å². The van der Waals surface area contributed by atoms with E-state index in [4.69, 9.17) is 0 Å². The summed E-state index contributed by atoms with van der Waals surface area (Å²) >= 11 is 0. The van der Waals surface area contributed by atoms with E-state index in [1.54, 1.807) is 13.8 Å². The van der Waals surface area contributed by atoms with Crippen molar-refractivity contribution in [3.63, 3.8) is 0 Å². The summed E-state index contributed by atoms with van der Waals surface area (Å²) in [6.07, 6.45) is 2.45. The van der Waals surface area contributed by atoms with Crippen LogP contribution in [0, 0.1) is 6.92 Å². The first-order chi connectivity index (χ1) is 11.6. The molecule has 1 aromatic carbocycles. The number of benzene rings is 1. The van der Waals surface area contributed by atoms with Crippen LogP contribution in [0.3, 0.4) is 0 Å². The summed E-state index contributed by atoms with van der Waals surface area (Å²) in [5.74, 6) is -0.598. The van der Waals surface area contributed by atoms with Gasteiger partial charge in [0.25, 0.3) is 0 Å². The van der Waals surface area contributed by atoms with Crippen LogP contribution in [0.1, 0.15) is 42.3 Å². The van der Waals surface area contributed by atoms with Crippen LogP contribution >= 0.6 is 0 Å². The molecule has 2 aromatic rings. The zero-order chi connectivity index (χ0) is 18.9. The topological polar surface area (TPSA) is 101 Å². The average Bonchev–Trinajstić information content (AvgIpc) is 2.87. The molecule has 0 aliphatic heterocycles. The van der Waals surface area contributed by atoms with Crippen LogP contribution in [-0.2, 0) is 16.4 Å². The quantitative estimate of drug-likeness (QED) is 0.762. The Bertz CT molecular complexity index is 914. The van der Waals surface area contributed by atoms with Crippen LogP contribution < -0.4 is 5.32 Å². The molecule has 7 nitrogen and oxygen atoms in total. The van der Waals surface area contributed by atoms with Gasteiger partial charge in [-0.3, -0.25) is 4.79 Å². The number of hydrogen-bond donors (Lipinski definition) is 2. The van der Waals surface area contributed by atoms with Gasteiger partial charge in [-0.1, -0.05) is 0 Å². The van der Waals surface area contributed by atoms with E-state index in [1.807, 2.05) is 13.8 Å². The molecule has 0 radical (unpaired) electrons. The van der Waals surface area contributed by atoms with Crippen LogP contribution in [0.15, 0.2) is 23.2 Å². The zero-order valence-electron chi connectivity index (χ0n) is 15.0. The number of carbonyl (C=O) groups is 1. The molecule has 0 aliphatic rings. The maximum absolute atomic E-state index is 12.8. The summed E-state index contributed by atoms with van der Waals surface area (Å²) < 4.78 is 25.4. The molecule has 25 heavy (non-hydrogen) atoms. The summed E-state index contributed by atoms with van der Waals surface area (Å²) in [6, 6.07) is 2.88. The van der Waals surface area contributed by atoms with E-state index in [-0.39, 0.29) is 22.4 Å². The van der Waals surface area contributed by atoms with E-state index in [0.29, 0.717) is 23.4 Å². The molecule has 0 amide bonds. The second kappa shape index (κ2) is 6.87. The van der Waals surface area contributed by atoms with Crippen molar-refractivity contribution in [2.45, 2.75) is 45.2 Å². The molecule has 1 heterocycles. The Morgan fingerprint density at radius 1 is 1.32 bits per heavy atom. The third-order valence-corrected chi connectivity index (χ3v) is 5.00. The predicted octanol–water partition coefficient (Wildman–Crippen LogP) is 2.37. The number of nitrogens with zero attached hydrogens (tertiary/aromatic N) is 2. The largest absolute Gasteiger partial charge is 0.493 e. The molecular formula is C17H23N3O4S. The molecule has 0 saturated carbocycles. The maximum atomic E-state index is 12.8. The molecule has 0 saturated heterocycles. The van der Waals surface area contributed by atoms with Gasteiger partial charge in [0.2, 0.25) is 5.88 Å². The number of aryl methyl sites for hydroxylation is 1. The van der Waals surface area contributed by atoms with Gasteiger partial charge in [-0.05, 0) is 45.4 Å². The Balaban J connectivity index is 2.62. The first kappa shape index (κ1) is 19.0. The average molecular weight is 365 g/mol. The van der Waals surface area contributed by atoms with Crippen molar-refractivity contribution in [3.8, 4) is 5.88 Å². The molecule has 2 rings (SSSR count). The van der Waals surface area contributed by atoms with Crippen molar-refractivity contribution >= 4 is 21.3 Å². The van der Waals surface area contributed by atoms with Gasteiger partial charge in [0.05, 0.1) is 16.8 Å².